The molecule has 1 heterocycles. The summed E-state index contributed by atoms with van der Waals surface area (Å²) in [5, 5.41) is 9.02. The van der Waals surface area contributed by atoms with E-state index in [4.69, 9.17) is 10.8 Å². The summed E-state index contributed by atoms with van der Waals surface area (Å²) in [5.74, 6) is -2.92. The van der Waals surface area contributed by atoms with Gasteiger partial charge in [-0.25, -0.2) is 9.18 Å². The Morgan fingerprint density at radius 2 is 1.81 bits per heavy atom. The van der Waals surface area contributed by atoms with E-state index in [-0.39, 0.29) is 15.9 Å². The summed E-state index contributed by atoms with van der Waals surface area (Å²) in [7, 11) is 0. The van der Waals surface area contributed by atoms with Crippen LogP contribution in [0.4, 0.5) is 4.39 Å². The highest BCUT2D eigenvalue weighted by atomic mass is 79.9. The van der Waals surface area contributed by atoms with Crippen LogP contribution in [0, 0.1) is 5.82 Å². The van der Waals surface area contributed by atoms with Crippen molar-refractivity contribution in [2.24, 2.45) is 5.73 Å². The molecule has 21 heavy (non-hydrogen) atoms. The fraction of sp³-hybridized carbons (Fsp3) is 0. The molecule has 0 atom stereocenters. The number of benzene rings is 1. The van der Waals surface area contributed by atoms with Crippen LogP contribution in [0.15, 0.2) is 39.6 Å². The molecule has 0 saturated carbocycles. The molecular formula is C13H8BrFN2O4. The van der Waals surface area contributed by atoms with Crippen LogP contribution >= 0.6 is 15.9 Å². The predicted octanol–water partition coefficient (Wildman–Crippen LogP) is 1.54. The van der Waals surface area contributed by atoms with Gasteiger partial charge >= 0.3 is 5.97 Å². The van der Waals surface area contributed by atoms with Crippen LogP contribution in [0.25, 0.3) is 5.69 Å². The smallest absolute Gasteiger partial charge is 0.341 e. The number of carbonyl (C=O) groups is 2. The van der Waals surface area contributed by atoms with Crippen LogP contribution in [0.3, 0.4) is 0 Å². The van der Waals surface area contributed by atoms with E-state index >= 15 is 0 Å². The molecule has 0 bridgehead atoms. The third kappa shape index (κ3) is 2.70. The molecule has 0 spiro atoms. The lowest BCUT2D eigenvalue weighted by Gasteiger charge is -2.13. The normalized spacial score (nSPS) is 10.4. The van der Waals surface area contributed by atoms with Crippen molar-refractivity contribution in [3.05, 3.63) is 62.2 Å². The SMILES string of the molecule is NC(=O)c1c(Br)cc(C(=O)O)c(=O)n1-c1ccc(F)cc1. The van der Waals surface area contributed by atoms with Crippen molar-refractivity contribution in [1.82, 2.24) is 4.57 Å². The summed E-state index contributed by atoms with van der Waals surface area (Å²) in [6.07, 6.45) is 0. The molecule has 3 N–H and O–H groups in total. The van der Waals surface area contributed by atoms with E-state index in [0.29, 0.717) is 0 Å². The third-order valence-electron chi connectivity index (χ3n) is 2.70. The van der Waals surface area contributed by atoms with E-state index < -0.39 is 28.8 Å². The van der Waals surface area contributed by atoms with Gasteiger partial charge < -0.3 is 10.8 Å². The van der Waals surface area contributed by atoms with Crippen LogP contribution in [-0.4, -0.2) is 21.6 Å². The van der Waals surface area contributed by atoms with Gasteiger partial charge in [0.15, 0.2) is 0 Å². The summed E-state index contributed by atoms with van der Waals surface area (Å²) >= 11 is 3.01. The zero-order valence-electron chi connectivity index (χ0n) is 10.3. The molecule has 0 aliphatic heterocycles. The van der Waals surface area contributed by atoms with Crippen LogP contribution in [0.2, 0.25) is 0 Å². The van der Waals surface area contributed by atoms with Crippen molar-refractivity contribution >= 4 is 27.8 Å². The van der Waals surface area contributed by atoms with Gasteiger partial charge in [0.25, 0.3) is 11.5 Å². The Kier molecular flexibility index (Phi) is 3.90. The van der Waals surface area contributed by atoms with E-state index in [0.717, 1.165) is 22.8 Å². The molecule has 8 heteroatoms. The second kappa shape index (κ2) is 5.49. The number of amides is 1. The van der Waals surface area contributed by atoms with E-state index in [9.17, 15) is 18.8 Å². The molecule has 0 fully saturated rings. The van der Waals surface area contributed by atoms with Gasteiger partial charge in [0.2, 0.25) is 0 Å². The van der Waals surface area contributed by atoms with Gasteiger partial charge in [0.1, 0.15) is 17.1 Å². The molecule has 0 aliphatic carbocycles. The van der Waals surface area contributed by atoms with Crippen LogP contribution in [-0.2, 0) is 0 Å². The molecule has 108 valence electrons. The molecule has 2 rings (SSSR count). The highest BCUT2D eigenvalue weighted by molar-refractivity contribution is 9.10. The van der Waals surface area contributed by atoms with Gasteiger partial charge in [-0.1, -0.05) is 0 Å². The number of carboxylic acid groups (broad SMARTS) is 1. The summed E-state index contributed by atoms with van der Waals surface area (Å²) < 4.78 is 13.8. The van der Waals surface area contributed by atoms with Gasteiger partial charge in [-0.05, 0) is 46.3 Å². The van der Waals surface area contributed by atoms with Crippen LogP contribution in [0.5, 0.6) is 0 Å². The summed E-state index contributed by atoms with van der Waals surface area (Å²) in [6, 6.07) is 5.63. The quantitative estimate of drug-likeness (QED) is 0.872. The van der Waals surface area contributed by atoms with Gasteiger partial charge in [-0.2, -0.15) is 0 Å². The van der Waals surface area contributed by atoms with Gasteiger partial charge in [-0.3, -0.25) is 14.2 Å². The van der Waals surface area contributed by atoms with E-state index in [1.165, 1.54) is 12.1 Å². The van der Waals surface area contributed by atoms with Crippen LogP contribution in [0.1, 0.15) is 20.8 Å². The van der Waals surface area contributed by atoms with E-state index in [1.54, 1.807) is 0 Å². The molecule has 1 amide bonds. The number of nitrogens with zero attached hydrogens (tertiary/aromatic N) is 1. The average molecular weight is 355 g/mol. The average Bonchev–Trinajstić information content (AvgIpc) is 2.41. The van der Waals surface area contributed by atoms with Crippen molar-refractivity contribution in [2.75, 3.05) is 0 Å². The number of pyridine rings is 1. The molecule has 1 aromatic heterocycles. The first kappa shape index (κ1) is 14.9. The van der Waals surface area contributed by atoms with Crippen molar-refractivity contribution in [1.29, 1.82) is 0 Å². The summed E-state index contributed by atoms with van der Waals surface area (Å²) in [4.78, 5) is 34.8. The highest BCUT2D eigenvalue weighted by Crippen LogP contribution is 2.20. The molecule has 1 aromatic carbocycles. The zero-order valence-corrected chi connectivity index (χ0v) is 11.9. The standard InChI is InChI=1S/C13H8BrFN2O4/c14-9-5-8(13(20)21)12(19)17(10(9)11(16)18)7-3-1-6(15)2-4-7/h1-5H,(H2,16,18)(H,20,21). The highest BCUT2D eigenvalue weighted by Gasteiger charge is 2.21. The number of primary amides is 1. The maximum atomic E-state index is 13.0. The maximum absolute atomic E-state index is 13.0. The molecule has 0 saturated heterocycles. The Labute approximate surface area is 125 Å². The number of hydrogen-bond donors (Lipinski definition) is 2. The lowest BCUT2D eigenvalue weighted by molar-refractivity contribution is 0.0693. The number of aromatic nitrogens is 1. The Morgan fingerprint density at radius 3 is 2.29 bits per heavy atom. The fourth-order valence-electron chi connectivity index (χ4n) is 1.80. The largest absolute Gasteiger partial charge is 0.477 e. The van der Waals surface area contributed by atoms with Crippen LogP contribution < -0.4 is 11.3 Å². The first-order valence-corrected chi connectivity index (χ1v) is 6.37. The molecule has 2 aromatic rings. The molecule has 0 aliphatic rings. The zero-order chi connectivity index (χ0) is 15.7. The number of halogens is 2. The second-order valence-corrected chi connectivity index (χ2v) is 4.90. The minimum Gasteiger partial charge on any atom is -0.477 e. The fourth-order valence-corrected chi connectivity index (χ4v) is 2.40. The second-order valence-electron chi connectivity index (χ2n) is 4.04. The minimum absolute atomic E-state index is 0.0522. The molecular weight excluding hydrogens is 347 g/mol. The van der Waals surface area contributed by atoms with Crippen molar-refractivity contribution < 1.29 is 19.1 Å². The van der Waals surface area contributed by atoms with Crippen molar-refractivity contribution in [3.63, 3.8) is 0 Å². The Bertz CT molecular complexity index is 799. The topological polar surface area (TPSA) is 102 Å². The number of carbonyl (C=O) groups excluding carboxylic acids is 1. The first-order chi connectivity index (χ1) is 9.82. The van der Waals surface area contributed by atoms with Gasteiger partial charge in [-0.15, -0.1) is 0 Å². The summed E-state index contributed by atoms with van der Waals surface area (Å²) in [5.41, 5.74) is 3.64. The Balaban J connectivity index is 2.90. The third-order valence-corrected chi connectivity index (χ3v) is 3.31. The Hall–Kier alpha value is -2.48. The molecule has 0 unspecified atom stereocenters. The van der Waals surface area contributed by atoms with E-state index in [1.807, 2.05) is 0 Å². The monoisotopic (exact) mass is 354 g/mol. The lowest BCUT2D eigenvalue weighted by Crippen LogP contribution is -2.32. The lowest BCUT2D eigenvalue weighted by atomic mass is 10.2. The number of carboxylic acids is 1. The number of hydrogen-bond acceptors (Lipinski definition) is 3. The number of aromatic carboxylic acids is 1. The predicted molar refractivity (Wildman–Crippen MR) is 75.2 cm³/mol. The maximum Gasteiger partial charge on any atom is 0.341 e. The van der Waals surface area contributed by atoms with Crippen molar-refractivity contribution in [3.8, 4) is 5.69 Å². The van der Waals surface area contributed by atoms with E-state index in [2.05, 4.69) is 15.9 Å². The van der Waals surface area contributed by atoms with Gasteiger partial charge in [0, 0.05) is 10.2 Å². The minimum atomic E-state index is -1.45. The molecule has 6 nitrogen and oxygen atoms in total. The number of rotatable bonds is 3. The Morgan fingerprint density at radius 1 is 1.24 bits per heavy atom. The first-order valence-electron chi connectivity index (χ1n) is 5.57. The summed E-state index contributed by atoms with van der Waals surface area (Å²) in [6.45, 7) is 0. The van der Waals surface area contributed by atoms with Gasteiger partial charge in [0.05, 0.1) is 0 Å². The van der Waals surface area contributed by atoms with Crippen molar-refractivity contribution in [2.45, 2.75) is 0 Å². The molecule has 0 radical (unpaired) electrons. The number of nitrogens with two attached hydrogens (primary N) is 1.